The third-order valence-electron chi connectivity index (χ3n) is 4.12. The number of sulfone groups is 1. The smallest absolute Gasteiger partial charge is 0.191 e. The Morgan fingerprint density at radius 1 is 1.29 bits per heavy atom. The van der Waals surface area contributed by atoms with E-state index in [2.05, 4.69) is 27.4 Å². The van der Waals surface area contributed by atoms with Crippen LogP contribution < -0.4 is 10.6 Å². The summed E-state index contributed by atoms with van der Waals surface area (Å²) in [5, 5.41) is 6.67. The van der Waals surface area contributed by atoms with Crippen LogP contribution in [-0.2, 0) is 14.6 Å². The van der Waals surface area contributed by atoms with Gasteiger partial charge in [0.1, 0.15) is 9.84 Å². The maximum atomic E-state index is 11.0. The molecule has 0 atom stereocenters. The van der Waals surface area contributed by atoms with E-state index in [1.54, 1.807) is 7.05 Å². The van der Waals surface area contributed by atoms with Gasteiger partial charge in [-0.3, -0.25) is 4.99 Å². The Bertz CT molecular complexity index is 460. The Morgan fingerprint density at radius 3 is 2.58 bits per heavy atom. The molecule has 1 heterocycles. The number of unbranched alkanes of at least 4 members (excludes halogenated alkanes) is 1. The van der Waals surface area contributed by atoms with Gasteiger partial charge in [-0.05, 0) is 25.8 Å². The van der Waals surface area contributed by atoms with E-state index in [1.807, 2.05) is 0 Å². The quantitative estimate of drug-likeness (QED) is 0.334. The fourth-order valence-electron chi connectivity index (χ4n) is 2.62. The summed E-state index contributed by atoms with van der Waals surface area (Å²) in [5.41, 5.74) is 0. The lowest BCUT2D eigenvalue weighted by Crippen LogP contribution is -2.49. The van der Waals surface area contributed by atoms with Gasteiger partial charge < -0.3 is 20.3 Å². The summed E-state index contributed by atoms with van der Waals surface area (Å²) in [6.07, 6.45) is 6.01. The number of nitrogens with zero attached hydrogens (tertiary/aromatic N) is 2. The predicted octanol–water partition coefficient (Wildman–Crippen LogP) is 0.477. The Balaban J connectivity index is 2.13. The number of rotatable bonds is 10. The van der Waals surface area contributed by atoms with Crippen molar-refractivity contribution in [1.29, 1.82) is 0 Å². The predicted molar refractivity (Wildman–Crippen MR) is 99.4 cm³/mol. The summed E-state index contributed by atoms with van der Waals surface area (Å²) >= 11 is 0. The van der Waals surface area contributed by atoms with Gasteiger partial charge in [-0.15, -0.1) is 0 Å². The van der Waals surface area contributed by atoms with Crippen LogP contribution in [0.5, 0.6) is 0 Å². The highest BCUT2D eigenvalue weighted by molar-refractivity contribution is 7.90. The summed E-state index contributed by atoms with van der Waals surface area (Å²) < 4.78 is 27.3. The van der Waals surface area contributed by atoms with Crippen LogP contribution in [0.25, 0.3) is 0 Å². The minimum absolute atomic E-state index is 0.0661. The molecule has 8 heteroatoms. The molecule has 24 heavy (non-hydrogen) atoms. The normalized spacial score (nSPS) is 17.9. The van der Waals surface area contributed by atoms with Crippen LogP contribution >= 0.6 is 0 Å². The van der Waals surface area contributed by atoms with Gasteiger partial charge in [-0.1, -0.05) is 13.3 Å². The molecular weight excluding hydrogens is 328 g/mol. The maximum absolute atomic E-state index is 11.0. The Labute approximate surface area is 147 Å². The molecule has 1 aliphatic rings. The number of guanidine groups is 1. The van der Waals surface area contributed by atoms with Gasteiger partial charge in [0.25, 0.3) is 0 Å². The average molecular weight is 363 g/mol. The van der Waals surface area contributed by atoms with E-state index in [0.717, 1.165) is 31.9 Å². The fourth-order valence-corrected chi connectivity index (χ4v) is 3.05. The van der Waals surface area contributed by atoms with E-state index in [1.165, 1.54) is 25.6 Å². The zero-order valence-corrected chi connectivity index (χ0v) is 16.2. The van der Waals surface area contributed by atoms with Crippen LogP contribution in [0, 0.1) is 0 Å². The molecule has 2 N–H and O–H groups in total. The van der Waals surface area contributed by atoms with Gasteiger partial charge in [0, 0.05) is 39.0 Å². The molecule has 1 saturated heterocycles. The van der Waals surface area contributed by atoms with Crippen LogP contribution in [0.15, 0.2) is 4.99 Å². The van der Waals surface area contributed by atoms with Crippen molar-refractivity contribution in [2.75, 3.05) is 58.4 Å². The van der Waals surface area contributed by atoms with Gasteiger partial charge >= 0.3 is 0 Å². The molecule has 0 bridgehead atoms. The van der Waals surface area contributed by atoms with Crippen LogP contribution in [0.3, 0.4) is 0 Å². The average Bonchev–Trinajstić information content (AvgIpc) is 2.55. The number of hydrogen-bond donors (Lipinski definition) is 2. The van der Waals surface area contributed by atoms with E-state index in [0.29, 0.717) is 19.2 Å². The molecule has 0 amide bonds. The summed E-state index contributed by atoms with van der Waals surface area (Å²) in [6, 6.07) is 0.459. The highest BCUT2D eigenvalue weighted by Crippen LogP contribution is 2.10. The third-order valence-corrected chi connectivity index (χ3v) is 5.03. The van der Waals surface area contributed by atoms with E-state index < -0.39 is 9.84 Å². The summed E-state index contributed by atoms with van der Waals surface area (Å²) in [4.78, 5) is 6.77. The van der Waals surface area contributed by atoms with Crippen LogP contribution in [0.4, 0.5) is 0 Å². The number of hydrogen-bond acceptors (Lipinski definition) is 5. The number of ether oxygens (including phenoxy) is 1. The first-order chi connectivity index (χ1) is 11.4. The van der Waals surface area contributed by atoms with E-state index in [-0.39, 0.29) is 12.4 Å². The Kier molecular flexibility index (Phi) is 10.3. The highest BCUT2D eigenvalue weighted by atomic mass is 32.2. The molecule has 1 rings (SSSR count). The second-order valence-corrected chi connectivity index (χ2v) is 8.61. The summed E-state index contributed by atoms with van der Waals surface area (Å²) in [5.74, 6) is 0.852. The minimum atomic E-state index is -2.95. The molecule has 1 aliphatic heterocycles. The van der Waals surface area contributed by atoms with Crippen LogP contribution in [0.2, 0.25) is 0 Å². The molecule has 0 spiro atoms. The van der Waals surface area contributed by atoms with E-state index in [9.17, 15) is 8.42 Å². The largest absolute Gasteiger partial charge is 0.379 e. The molecule has 0 aromatic carbocycles. The molecule has 0 aromatic rings. The topological polar surface area (TPSA) is 83.0 Å². The molecule has 1 fully saturated rings. The number of nitrogens with one attached hydrogen (secondary N) is 2. The molecule has 142 valence electrons. The van der Waals surface area contributed by atoms with Crippen LogP contribution in [0.1, 0.15) is 32.6 Å². The maximum Gasteiger partial charge on any atom is 0.191 e. The van der Waals surface area contributed by atoms with Gasteiger partial charge in [-0.2, -0.15) is 0 Å². The van der Waals surface area contributed by atoms with E-state index >= 15 is 0 Å². The van der Waals surface area contributed by atoms with Crippen LogP contribution in [-0.4, -0.2) is 83.8 Å². The van der Waals surface area contributed by atoms with Crippen molar-refractivity contribution in [3.8, 4) is 0 Å². The SMILES string of the molecule is CCCCN1CCC(NC(=NC)NCCOCCS(C)(=O)=O)CC1. The molecule has 7 nitrogen and oxygen atoms in total. The number of likely N-dealkylation sites (tertiary alicyclic amines) is 1. The first-order valence-electron chi connectivity index (χ1n) is 8.89. The fraction of sp³-hybridized carbons (Fsp3) is 0.938. The highest BCUT2D eigenvalue weighted by Gasteiger charge is 2.19. The molecule has 0 saturated carbocycles. The zero-order valence-electron chi connectivity index (χ0n) is 15.4. The number of aliphatic imine (C=N–C) groups is 1. The lowest BCUT2D eigenvalue weighted by atomic mass is 10.0. The first-order valence-corrected chi connectivity index (χ1v) is 11.0. The van der Waals surface area contributed by atoms with Crippen molar-refractivity contribution < 1.29 is 13.2 Å². The van der Waals surface area contributed by atoms with Crippen molar-refractivity contribution in [3.05, 3.63) is 0 Å². The van der Waals surface area contributed by atoms with Crippen molar-refractivity contribution >= 4 is 15.8 Å². The Morgan fingerprint density at radius 2 is 2.00 bits per heavy atom. The second-order valence-electron chi connectivity index (χ2n) is 6.36. The van der Waals surface area contributed by atoms with Gasteiger partial charge in [-0.25, -0.2) is 8.42 Å². The first kappa shape index (κ1) is 21.2. The summed E-state index contributed by atoms with van der Waals surface area (Å²) in [6.45, 7) is 7.04. The monoisotopic (exact) mass is 362 g/mol. The Hall–Kier alpha value is -0.860. The molecule has 0 aromatic heterocycles. The minimum Gasteiger partial charge on any atom is -0.379 e. The van der Waals surface area contributed by atoms with Gasteiger partial charge in [0.15, 0.2) is 5.96 Å². The zero-order chi connectivity index (χ0) is 17.8. The van der Waals surface area contributed by atoms with E-state index in [4.69, 9.17) is 4.74 Å². The van der Waals surface area contributed by atoms with Gasteiger partial charge in [0.2, 0.25) is 0 Å². The lowest BCUT2D eigenvalue weighted by molar-refractivity contribution is 0.153. The van der Waals surface area contributed by atoms with Crippen molar-refractivity contribution in [1.82, 2.24) is 15.5 Å². The third kappa shape index (κ3) is 10.1. The van der Waals surface area contributed by atoms with Crippen molar-refractivity contribution in [3.63, 3.8) is 0 Å². The summed E-state index contributed by atoms with van der Waals surface area (Å²) in [7, 11) is -1.19. The number of piperidine rings is 1. The standard InChI is InChI=1S/C16H34N4O3S/c1-4-5-9-20-10-6-15(7-11-20)19-16(17-2)18-8-12-23-13-14-24(3,21)22/h15H,4-14H2,1-3H3,(H2,17,18,19). The molecule has 0 unspecified atom stereocenters. The second kappa shape index (κ2) is 11.7. The van der Waals surface area contributed by atoms with Crippen molar-refractivity contribution in [2.24, 2.45) is 4.99 Å². The molecule has 0 aliphatic carbocycles. The lowest BCUT2D eigenvalue weighted by Gasteiger charge is -2.33. The molecular formula is C16H34N4O3S. The molecule has 0 radical (unpaired) electrons. The van der Waals surface area contributed by atoms with Gasteiger partial charge in [0.05, 0.1) is 19.0 Å². The van der Waals surface area contributed by atoms with Crippen molar-refractivity contribution in [2.45, 2.75) is 38.6 Å².